The summed E-state index contributed by atoms with van der Waals surface area (Å²) < 4.78 is 2.05. The Morgan fingerprint density at radius 1 is 1.19 bits per heavy atom. The van der Waals surface area contributed by atoms with Gasteiger partial charge in [-0.2, -0.15) is 5.10 Å². The Morgan fingerprint density at radius 3 is 2.71 bits per heavy atom. The van der Waals surface area contributed by atoms with E-state index in [9.17, 15) is 0 Å². The minimum Gasteiger partial charge on any atom is -0.311 e. The maximum Gasteiger partial charge on any atom is 0.0536 e. The molecule has 1 atom stereocenters. The van der Waals surface area contributed by atoms with Crippen molar-refractivity contribution in [2.45, 2.75) is 64.1 Å². The number of nitrogens with one attached hydrogen (secondary N) is 1. The smallest absolute Gasteiger partial charge is 0.0536 e. The number of rotatable bonds is 4. The Bertz CT molecular complexity index is 420. The number of piperazine rings is 1. The molecule has 1 aliphatic heterocycles. The Labute approximate surface area is 128 Å². The monoisotopic (exact) mass is 290 g/mol. The van der Waals surface area contributed by atoms with Crippen LogP contribution in [0.4, 0.5) is 0 Å². The quantitative estimate of drug-likeness (QED) is 0.925. The van der Waals surface area contributed by atoms with Gasteiger partial charge in [0, 0.05) is 43.6 Å². The molecule has 118 valence electrons. The SMILES string of the molecule is CC1(C)CNC(C2CCCCC2)CN1CCn1cccn1. The summed E-state index contributed by atoms with van der Waals surface area (Å²) in [6.45, 7) is 9.11. The predicted octanol–water partition coefficient (Wildman–Crippen LogP) is 2.52. The lowest BCUT2D eigenvalue weighted by Gasteiger charge is -2.48. The first-order chi connectivity index (χ1) is 10.1. The van der Waals surface area contributed by atoms with Crippen LogP contribution >= 0.6 is 0 Å². The molecule has 1 aliphatic carbocycles. The molecule has 0 spiro atoms. The molecule has 0 bridgehead atoms. The van der Waals surface area contributed by atoms with Gasteiger partial charge in [-0.15, -0.1) is 0 Å². The van der Waals surface area contributed by atoms with Crippen LogP contribution in [0.5, 0.6) is 0 Å². The fourth-order valence-corrected chi connectivity index (χ4v) is 3.94. The summed E-state index contributed by atoms with van der Waals surface area (Å²) in [6.07, 6.45) is 11.1. The zero-order chi connectivity index (χ0) is 14.7. The molecule has 1 aromatic heterocycles. The second-order valence-corrected chi connectivity index (χ2v) is 7.41. The largest absolute Gasteiger partial charge is 0.311 e. The Balaban J connectivity index is 1.58. The maximum absolute atomic E-state index is 4.33. The molecular weight excluding hydrogens is 260 g/mol. The molecule has 2 fully saturated rings. The second-order valence-electron chi connectivity index (χ2n) is 7.41. The lowest BCUT2D eigenvalue weighted by Crippen LogP contribution is -2.64. The summed E-state index contributed by atoms with van der Waals surface area (Å²) in [6, 6.07) is 2.70. The highest BCUT2D eigenvalue weighted by atomic mass is 15.3. The van der Waals surface area contributed by atoms with E-state index in [0.717, 1.165) is 25.6 Å². The predicted molar refractivity (Wildman–Crippen MR) is 86.2 cm³/mol. The van der Waals surface area contributed by atoms with Gasteiger partial charge in [-0.25, -0.2) is 0 Å². The third-order valence-corrected chi connectivity index (χ3v) is 5.45. The minimum absolute atomic E-state index is 0.248. The van der Waals surface area contributed by atoms with Crippen LogP contribution in [-0.4, -0.2) is 45.9 Å². The minimum atomic E-state index is 0.248. The topological polar surface area (TPSA) is 33.1 Å². The lowest BCUT2D eigenvalue weighted by atomic mass is 9.81. The van der Waals surface area contributed by atoms with Gasteiger partial charge in [0.15, 0.2) is 0 Å². The van der Waals surface area contributed by atoms with Crippen LogP contribution in [0.3, 0.4) is 0 Å². The molecule has 0 aromatic carbocycles. The number of aromatic nitrogens is 2. The highest BCUT2D eigenvalue weighted by Crippen LogP contribution is 2.30. The highest BCUT2D eigenvalue weighted by molar-refractivity contribution is 4.95. The summed E-state index contributed by atoms with van der Waals surface area (Å²) in [5.74, 6) is 0.891. The number of hydrogen-bond acceptors (Lipinski definition) is 3. The van der Waals surface area contributed by atoms with Gasteiger partial charge in [-0.05, 0) is 38.7 Å². The van der Waals surface area contributed by atoms with E-state index in [1.807, 2.05) is 16.9 Å². The van der Waals surface area contributed by atoms with Crippen molar-refractivity contribution in [2.75, 3.05) is 19.6 Å². The third kappa shape index (κ3) is 3.67. The number of hydrogen-bond donors (Lipinski definition) is 1. The molecule has 21 heavy (non-hydrogen) atoms. The molecule has 1 saturated heterocycles. The van der Waals surface area contributed by atoms with Crippen molar-refractivity contribution in [3.8, 4) is 0 Å². The van der Waals surface area contributed by atoms with Crippen molar-refractivity contribution in [2.24, 2.45) is 5.92 Å². The van der Waals surface area contributed by atoms with Gasteiger partial charge in [-0.3, -0.25) is 9.58 Å². The fraction of sp³-hybridized carbons (Fsp3) is 0.824. The molecular formula is C17H30N4. The molecule has 2 aliphatic rings. The van der Waals surface area contributed by atoms with E-state index < -0.39 is 0 Å². The first-order valence-electron chi connectivity index (χ1n) is 8.61. The summed E-state index contributed by atoms with van der Waals surface area (Å²) in [4.78, 5) is 2.67. The van der Waals surface area contributed by atoms with Crippen molar-refractivity contribution in [1.82, 2.24) is 20.0 Å². The first kappa shape index (κ1) is 15.0. The Morgan fingerprint density at radius 2 is 2.00 bits per heavy atom. The van der Waals surface area contributed by atoms with Gasteiger partial charge in [0.05, 0.1) is 6.54 Å². The lowest BCUT2D eigenvalue weighted by molar-refractivity contribution is 0.0406. The normalized spacial score (nSPS) is 27.8. The maximum atomic E-state index is 4.33. The molecule has 1 aromatic rings. The Hall–Kier alpha value is -0.870. The molecule has 0 radical (unpaired) electrons. The Kier molecular flexibility index (Phi) is 4.65. The average molecular weight is 290 g/mol. The standard InChI is InChI=1S/C17H30N4/c1-17(2)14-18-16(15-7-4-3-5-8-15)13-20(17)11-12-21-10-6-9-19-21/h6,9-10,15-16,18H,3-5,7-8,11-14H2,1-2H3. The summed E-state index contributed by atoms with van der Waals surface area (Å²) in [5, 5.41) is 8.17. The van der Waals surface area contributed by atoms with Gasteiger partial charge in [0.25, 0.3) is 0 Å². The molecule has 4 heteroatoms. The zero-order valence-electron chi connectivity index (χ0n) is 13.6. The summed E-state index contributed by atoms with van der Waals surface area (Å²) in [5.41, 5.74) is 0.248. The molecule has 3 rings (SSSR count). The van der Waals surface area contributed by atoms with Gasteiger partial charge in [-0.1, -0.05) is 19.3 Å². The third-order valence-electron chi connectivity index (χ3n) is 5.45. The summed E-state index contributed by atoms with van der Waals surface area (Å²) >= 11 is 0. The first-order valence-corrected chi connectivity index (χ1v) is 8.61. The van der Waals surface area contributed by atoms with E-state index in [2.05, 4.69) is 35.4 Å². The van der Waals surface area contributed by atoms with E-state index in [-0.39, 0.29) is 5.54 Å². The molecule has 1 saturated carbocycles. The molecule has 1 N–H and O–H groups in total. The summed E-state index contributed by atoms with van der Waals surface area (Å²) in [7, 11) is 0. The van der Waals surface area contributed by atoms with Crippen molar-refractivity contribution in [3.05, 3.63) is 18.5 Å². The van der Waals surface area contributed by atoms with E-state index in [0.29, 0.717) is 6.04 Å². The van der Waals surface area contributed by atoms with Crippen LogP contribution in [0, 0.1) is 5.92 Å². The zero-order valence-corrected chi connectivity index (χ0v) is 13.6. The van der Waals surface area contributed by atoms with Crippen LogP contribution in [-0.2, 0) is 6.54 Å². The van der Waals surface area contributed by atoms with Crippen molar-refractivity contribution in [3.63, 3.8) is 0 Å². The van der Waals surface area contributed by atoms with Crippen LogP contribution in [0.1, 0.15) is 46.0 Å². The van der Waals surface area contributed by atoms with E-state index >= 15 is 0 Å². The van der Waals surface area contributed by atoms with E-state index in [1.165, 1.54) is 38.6 Å². The molecule has 4 nitrogen and oxygen atoms in total. The average Bonchev–Trinajstić information content (AvgIpc) is 3.00. The van der Waals surface area contributed by atoms with Crippen LogP contribution in [0.15, 0.2) is 18.5 Å². The van der Waals surface area contributed by atoms with Gasteiger partial charge in [0.2, 0.25) is 0 Å². The van der Waals surface area contributed by atoms with Crippen molar-refractivity contribution in [1.29, 1.82) is 0 Å². The second kappa shape index (κ2) is 6.49. The number of nitrogens with zero attached hydrogens (tertiary/aromatic N) is 3. The van der Waals surface area contributed by atoms with Crippen molar-refractivity contribution < 1.29 is 0 Å². The fourth-order valence-electron chi connectivity index (χ4n) is 3.94. The van der Waals surface area contributed by atoms with Crippen molar-refractivity contribution >= 4 is 0 Å². The molecule has 0 amide bonds. The van der Waals surface area contributed by atoms with E-state index in [4.69, 9.17) is 0 Å². The molecule has 2 heterocycles. The van der Waals surface area contributed by atoms with Crippen LogP contribution < -0.4 is 5.32 Å². The highest BCUT2D eigenvalue weighted by Gasteiger charge is 2.36. The van der Waals surface area contributed by atoms with Crippen LogP contribution in [0.25, 0.3) is 0 Å². The molecule has 1 unspecified atom stereocenters. The van der Waals surface area contributed by atoms with Gasteiger partial charge in [0.1, 0.15) is 0 Å². The van der Waals surface area contributed by atoms with Gasteiger partial charge < -0.3 is 5.32 Å². The van der Waals surface area contributed by atoms with E-state index in [1.54, 1.807) is 0 Å². The van der Waals surface area contributed by atoms with Gasteiger partial charge >= 0.3 is 0 Å². The van der Waals surface area contributed by atoms with Crippen LogP contribution in [0.2, 0.25) is 0 Å².